The number of aliphatic imine (C=N–C) groups is 1. The van der Waals surface area contributed by atoms with Crippen LogP contribution in [0.4, 0.5) is 0 Å². The Labute approximate surface area is 128 Å². The van der Waals surface area contributed by atoms with Gasteiger partial charge in [0.15, 0.2) is 5.96 Å². The number of guanidine groups is 1. The summed E-state index contributed by atoms with van der Waals surface area (Å²) in [7, 11) is 1.68. The SMILES string of the molecule is COCC(C)NC(N)=NCC1(c2cccc(Br)c2)CC1. The van der Waals surface area contributed by atoms with Gasteiger partial charge >= 0.3 is 0 Å². The Kier molecular flexibility index (Phi) is 5.05. The number of hydrogen-bond donors (Lipinski definition) is 2. The minimum atomic E-state index is 0.171. The van der Waals surface area contributed by atoms with Gasteiger partial charge in [-0.05, 0) is 37.5 Å². The van der Waals surface area contributed by atoms with Crippen LogP contribution in [0.3, 0.4) is 0 Å². The highest BCUT2D eigenvalue weighted by Gasteiger charge is 2.44. The normalized spacial score (nSPS) is 18.6. The topological polar surface area (TPSA) is 59.6 Å². The molecular formula is C15H22BrN3O. The first-order valence-corrected chi connectivity index (χ1v) is 7.66. The fraction of sp³-hybridized carbons (Fsp3) is 0.533. The van der Waals surface area contributed by atoms with Crippen LogP contribution in [0.1, 0.15) is 25.3 Å². The maximum absolute atomic E-state index is 5.92. The van der Waals surface area contributed by atoms with Gasteiger partial charge in [-0.25, -0.2) is 0 Å². The van der Waals surface area contributed by atoms with Crippen molar-refractivity contribution in [1.82, 2.24) is 5.32 Å². The van der Waals surface area contributed by atoms with Gasteiger partial charge in [-0.1, -0.05) is 28.1 Å². The third-order valence-corrected chi connectivity index (χ3v) is 4.15. The lowest BCUT2D eigenvalue weighted by atomic mass is 9.96. The summed E-state index contributed by atoms with van der Waals surface area (Å²) in [6.45, 7) is 3.38. The number of rotatable bonds is 6. The highest BCUT2D eigenvalue weighted by Crippen LogP contribution is 2.48. The summed E-state index contributed by atoms with van der Waals surface area (Å²) in [5.74, 6) is 0.496. The number of nitrogens with zero attached hydrogens (tertiary/aromatic N) is 1. The molecule has 1 saturated carbocycles. The van der Waals surface area contributed by atoms with Gasteiger partial charge in [-0.3, -0.25) is 4.99 Å². The van der Waals surface area contributed by atoms with E-state index in [4.69, 9.17) is 10.5 Å². The van der Waals surface area contributed by atoms with Crippen LogP contribution in [0.2, 0.25) is 0 Å². The van der Waals surface area contributed by atoms with Gasteiger partial charge in [0.2, 0.25) is 0 Å². The van der Waals surface area contributed by atoms with E-state index in [9.17, 15) is 0 Å². The standard InChI is InChI=1S/C15H22BrN3O/c1-11(9-20-2)19-14(17)18-10-15(6-7-15)12-4-3-5-13(16)8-12/h3-5,8,11H,6-7,9-10H2,1-2H3,(H3,17,18,19). The molecule has 1 aliphatic carbocycles. The molecule has 1 aliphatic rings. The van der Waals surface area contributed by atoms with Gasteiger partial charge in [0.05, 0.1) is 13.2 Å². The molecule has 20 heavy (non-hydrogen) atoms. The van der Waals surface area contributed by atoms with Crippen molar-refractivity contribution in [1.29, 1.82) is 0 Å². The van der Waals surface area contributed by atoms with E-state index in [-0.39, 0.29) is 11.5 Å². The maximum atomic E-state index is 5.92. The predicted octanol–water partition coefficient (Wildman–Crippen LogP) is 2.42. The van der Waals surface area contributed by atoms with E-state index in [1.807, 2.05) is 13.0 Å². The fourth-order valence-corrected chi connectivity index (χ4v) is 2.73. The second kappa shape index (κ2) is 6.59. The quantitative estimate of drug-likeness (QED) is 0.618. The number of halogens is 1. The Morgan fingerprint density at radius 1 is 1.55 bits per heavy atom. The zero-order chi connectivity index (χ0) is 14.6. The van der Waals surface area contributed by atoms with Crippen LogP contribution in [-0.4, -0.2) is 32.3 Å². The van der Waals surface area contributed by atoms with E-state index in [2.05, 4.69) is 44.4 Å². The lowest BCUT2D eigenvalue weighted by Crippen LogP contribution is -2.41. The van der Waals surface area contributed by atoms with Crippen molar-refractivity contribution in [3.8, 4) is 0 Å². The third kappa shape index (κ3) is 3.96. The Hall–Kier alpha value is -1.07. The first kappa shape index (κ1) is 15.3. The van der Waals surface area contributed by atoms with Crippen LogP contribution in [0.15, 0.2) is 33.7 Å². The molecule has 0 spiro atoms. The first-order valence-electron chi connectivity index (χ1n) is 6.87. The number of nitrogens with one attached hydrogen (secondary N) is 1. The Morgan fingerprint density at radius 2 is 2.30 bits per heavy atom. The van der Waals surface area contributed by atoms with Crippen LogP contribution < -0.4 is 11.1 Å². The monoisotopic (exact) mass is 339 g/mol. The van der Waals surface area contributed by atoms with Crippen LogP contribution in [0.25, 0.3) is 0 Å². The molecule has 1 aromatic carbocycles. The lowest BCUT2D eigenvalue weighted by Gasteiger charge is -2.16. The van der Waals surface area contributed by atoms with E-state index in [0.29, 0.717) is 12.6 Å². The van der Waals surface area contributed by atoms with Crippen LogP contribution in [0.5, 0.6) is 0 Å². The predicted molar refractivity (Wildman–Crippen MR) is 86.0 cm³/mol. The lowest BCUT2D eigenvalue weighted by molar-refractivity contribution is 0.179. The summed E-state index contributed by atoms with van der Waals surface area (Å²) >= 11 is 3.53. The Balaban J connectivity index is 1.96. The second-order valence-corrected chi connectivity index (χ2v) is 6.41. The largest absolute Gasteiger partial charge is 0.383 e. The van der Waals surface area contributed by atoms with Crippen molar-refractivity contribution in [3.63, 3.8) is 0 Å². The summed E-state index contributed by atoms with van der Waals surface area (Å²) < 4.78 is 6.18. The number of methoxy groups -OCH3 is 1. The summed E-state index contributed by atoms with van der Waals surface area (Å²) in [5.41, 5.74) is 7.44. The molecule has 2 rings (SSSR count). The van der Waals surface area contributed by atoms with Gasteiger partial charge in [0.25, 0.3) is 0 Å². The molecule has 1 atom stereocenters. The van der Waals surface area contributed by atoms with Crippen molar-refractivity contribution in [2.75, 3.05) is 20.3 Å². The van der Waals surface area contributed by atoms with Crippen LogP contribution in [0, 0.1) is 0 Å². The van der Waals surface area contributed by atoms with Gasteiger partial charge in [0, 0.05) is 23.0 Å². The number of nitrogens with two attached hydrogens (primary N) is 1. The van der Waals surface area contributed by atoms with Crippen molar-refractivity contribution in [3.05, 3.63) is 34.3 Å². The molecule has 0 aromatic heterocycles. The minimum absolute atomic E-state index is 0.171. The van der Waals surface area contributed by atoms with Crippen molar-refractivity contribution in [2.45, 2.75) is 31.2 Å². The zero-order valence-electron chi connectivity index (χ0n) is 12.0. The number of hydrogen-bond acceptors (Lipinski definition) is 2. The molecule has 5 heteroatoms. The van der Waals surface area contributed by atoms with Gasteiger partial charge in [-0.15, -0.1) is 0 Å². The minimum Gasteiger partial charge on any atom is -0.383 e. The van der Waals surface area contributed by atoms with Crippen molar-refractivity contribution in [2.24, 2.45) is 10.7 Å². The molecule has 3 N–H and O–H groups in total. The molecular weight excluding hydrogens is 318 g/mol. The molecule has 1 fully saturated rings. The van der Waals surface area contributed by atoms with Gasteiger partial charge < -0.3 is 15.8 Å². The summed E-state index contributed by atoms with van der Waals surface area (Å²) in [5, 5.41) is 3.14. The second-order valence-electron chi connectivity index (χ2n) is 5.49. The van der Waals surface area contributed by atoms with Crippen LogP contribution in [-0.2, 0) is 10.2 Å². The Bertz CT molecular complexity index is 486. The molecule has 0 saturated heterocycles. The average Bonchev–Trinajstić information content (AvgIpc) is 3.18. The van der Waals surface area contributed by atoms with Crippen molar-refractivity contribution >= 4 is 21.9 Å². The van der Waals surface area contributed by atoms with E-state index in [1.54, 1.807) is 7.11 Å². The molecule has 110 valence electrons. The average molecular weight is 340 g/mol. The summed E-state index contributed by atoms with van der Waals surface area (Å²) in [6.07, 6.45) is 2.35. The molecule has 0 aliphatic heterocycles. The first-order chi connectivity index (χ1) is 9.55. The van der Waals surface area contributed by atoms with Gasteiger partial charge in [-0.2, -0.15) is 0 Å². The van der Waals surface area contributed by atoms with Crippen LogP contribution >= 0.6 is 15.9 Å². The summed E-state index contributed by atoms with van der Waals surface area (Å²) in [4.78, 5) is 4.50. The molecule has 0 radical (unpaired) electrons. The summed E-state index contributed by atoms with van der Waals surface area (Å²) in [6, 6.07) is 8.64. The molecule has 0 bridgehead atoms. The van der Waals surface area contributed by atoms with E-state index >= 15 is 0 Å². The maximum Gasteiger partial charge on any atom is 0.188 e. The zero-order valence-corrected chi connectivity index (χ0v) is 13.6. The molecule has 4 nitrogen and oxygen atoms in total. The fourth-order valence-electron chi connectivity index (χ4n) is 2.33. The van der Waals surface area contributed by atoms with Gasteiger partial charge in [0.1, 0.15) is 0 Å². The third-order valence-electron chi connectivity index (χ3n) is 3.65. The Morgan fingerprint density at radius 3 is 2.90 bits per heavy atom. The van der Waals surface area contributed by atoms with E-state index < -0.39 is 0 Å². The van der Waals surface area contributed by atoms with E-state index in [1.165, 1.54) is 18.4 Å². The number of ether oxygens (including phenoxy) is 1. The molecule has 0 heterocycles. The highest BCUT2D eigenvalue weighted by atomic mass is 79.9. The van der Waals surface area contributed by atoms with E-state index in [0.717, 1.165) is 11.0 Å². The molecule has 1 aromatic rings. The molecule has 0 amide bonds. The smallest absolute Gasteiger partial charge is 0.188 e. The highest BCUT2D eigenvalue weighted by molar-refractivity contribution is 9.10. The number of benzene rings is 1. The van der Waals surface area contributed by atoms with Crippen molar-refractivity contribution < 1.29 is 4.74 Å². The molecule has 1 unspecified atom stereocenters.